The molecule has 84 valence electrons. The van der Waals surface area contributed by atoms with E-state index in [-0.39, 0.29) is 12.3 Å². The maximum Gasteiger partial charge on any atom is 0.527 e. The Labute approximate surface area is 88.4 Å². The quantitative estimate of drug-likeness (QED) is 0.751. The third-order valence-corrected chi connectivity index (χ3v) is 2.68. The maximum absolute atomic E-state index is 11.4. The number of hydrogen-bond acceptors (Lipinski definition) is 4. The zero-order valence-corrected chi connectivity index (χ0v) is 9.26. The topological polar surface area (TPSA) is 81.8 Å². The summed E-state index contributed by atoms with van der Waals surface area (Å²) in [7, 11) is -4.07. The summed E-state index contributed by atoms with van der Waals surface area (Å²) >= 11 is 0. The van der Waals surface area contributed by atoms with E-state index in [1.807, 2.05) is 0 Å². The van der Waals surface area contributed by atoms with Gasteiger partial charge in [0.1, 0.15) is 5.75 Å². The van der Waals surface area contributed by atoms with Gasteiger partial charge in [0.15, 0.2) is 0 Å². The zero-order valence-electron chi connectivity index (χ0n) is 8.37. The Morgan fingerprint density at radius 1 is 1.47 bits per heavy atom. The number of para-hydroxylation sites is 1. The normalized spacial score (nSPS) is 16.7. The largest absolute Gasteiger partial charge is 0.527 e. The average Bonchev–Trinajstić information content (AvgIpc) is 2.17. The molecule has 5 nitrogen and oxygen atoms in total. The fourth-order valence-electron chi connectivity index (χ4n) is 0.907. The van der Waals surface area contributed by atoms with Gasteiger partial charge < -0.3 is 10.3 Å². The molecule has 0 spiro atoms. The molecule has 1 aromatic rings. The molecule has 0 radical (unpaired) electrons. The first-order valence-corrected chi connectivity index (χ1v) is 5.99. The van der Waals surface area contributed by atoms with Crippen molar-refractivity contribution in [2.45, 2.75) is 13.0 Å². The summed E-state index contributed by atoms with van der Waals surface area (Å²) < 4.78 is 21.0. The third-order valence-electron chi connectivity index (χ3n) is 1.61. The van der Waals surface area contributed by atoms with E-state index in [1.165, 1.54) is 0 Å². The Morgan fingerprint density at radius 2 is 2.07 bits per heavy atom. The van der Waals surface area contributed by atoms with E-state index >= 15 is 0 Å². The molecule has 2 unspecified atom stereocenters. The maximum atomic E-state index is 11.4. The fourth-order valence-corrected chi connectivity index (χ4v) is 1.88. The molecule has 3 N–H and O–H groups in total. The molecule has 1 aromatic carbocycles. The lowest BCUT2D eigenvalue weighted by Crippen LogP contribution is -2.19. The smallest absolute Gasteiger partial charge is 0.404 e. The molecule has 0 saturated heterocycles. The van der Waals surface area contributed by atoms with Crippen LogP contribution < -0.4 is 10.3 Å². The molecule has 0 fully saturated rings. The highest BCUT2D eigenvalue weighted by atomic mass is 31.2. The van der Waals surface area contributed by atoms with E-state index in [9.17, 15) is 9.46 Å². The molecular formula is C9H14NO4P. The molecule has 1 rings (SSSR count). The van der Waals surface area contributed by atoms with Crippen molar-refractivity contribution in [1.29, 1.82) is 0 Å². The van der Waals surface area contributed by atoms with Gasteiger partial charge in [-0.3, -0.25) is 9.42 Å². The van der Waals surface area contributed by atoms with Crippen LogP contribution in [0.3, 0.4) is 0 Å². The molecule has 0 saturated carbocycles. The van der Waals surface area contributed by atoms with Crippen LogP contribution >= 0.6 is 7.82 Å². The number of benzene rings is 1. The lowest BCUT2D eigenvalue weighted by Gasteiger charge is -2.16. The van der Waals surface area contributed by atoms with Gasteiger partial charge in [-0.1, -0.05) is 18.2 Å². The van der Waals surface area contributed by atoms with Crippen LogP contribution in [0.25, 0.3) is 0 Å². The van der Waals surface area contributed by atoms with E-state index in [0.29, 0.717) is 0 Å². The van der Waals surface area contributed by atoms with Gasteiger partial charge in [-0.05, 0) is 19.1 Å². The second-order valence-corrected chi connectivity index (χ2v) is 4.36. The minimum Gasteiger partial charge on any atom is -0.404 e. The highest BCUT2D eigenvalue weighted by molar-refractivity contribution is 7.47. The predicted octanol–water partition coefficient (Wildman–Crippen LogP) is 1.53. The van der Waals surface area contributed by atoms with Crippen molar-refractivity contribution in [1.82, 2.24) is 0 Å². The van der Waals surface area contributed by atoms with Gasteiger partial charge in [0.25, 0.3) is 0 Å². The van der Waals surface area contributed by atoms with Crippen molar-refractivity contribution < 1.29 is 18.5 Å². The van der Waals surface area contributed by atoms with E-state index in [4.69, 9.17) is 14.8 Å². The SMILES string of the molecule is CC(CN)OP(=O)(O)Oc1ccccc1. The van der Waals surface area contributed by atoms with Crippen molar-refractivity contribution in [2.75, 3.05) is 6.54 Å². The lowest BCUT2D eigenvalue weighted by molar-refractivity contribution is 0.154. The lowest BCUT2D eigenvalue weighted by atomic mass is 10.3. The summed E-state index contributed by atoms with van der Waals surface area (Å²) in [6.07, 6.45) is -0.524. The van der Waals surface area contributed by atoms with Crippen LogP contribution in [0, 0.1) is 0 Å². The van der Waals surface area contributed by atoms with Gasteiger partial charge in [0.05, 0.1) is 6.10 Å². The van der Waals surface area contributed by atoms with E-state index in [2.05, 4.69) is 0 Å². The van der Waals surface area contributed by atoms with Gasteiger partial charge in [-0.25, -0.2) is 4.57 Å². The highest BCUT2D eigenvalue weighted by Gasteiger charge is 2.25. The molecule has 0 amide bonds. The molecule has 0 bridgehead atoms. The van der Waals surface area contributed by atoms with Crippen LogP contribution in [0.4, 0.5) is 0 Å². The van der Waals surface area contributed by atoms with Crippen LogP contribution in [-0.4, -0.2) is 17.5 Å². The molecule has 15 heavy (non-hydrogen) atoms. The summed E-state index contributed by atoms with van der Waals surface area (Å²) in [5.41, 5.74) is 5.26. The number of hydrogen-bond donors (Lipinski definition) is 2. The van der Waals surface area contributed by atoms with Gasteiger partial charge in [-0.15, -0.1) is 0 Å². The monoisotopic (exact) mass is 231 g/mol. The predicted molar refractivity (Wildman–Crippen MR) is 56.5 cm³/mol. The molecule has 0 heterocycles. The first-order chi connectivity index (χ1) is 7.03. The van der Waals surface area contributed by atoms with Gasteiger partial charge in [0, 0.05) is 6.54 Å². The van der Waals surface area contributed by atoms with Gasteiger partial charge in [0.2, 0.25) is 0 Å². The van der Waals surface area contributed by atoms with E-state index in [0.717, 1.165) is 0 Å². The minimum atomic E-state index is -4.07. The van der Waals surface area contributed by atoms with Crippen molar-refractivity contribution in [3.05, 3.63) is 30.3 Å². The molecule has 0 aliphatic rings. The van der Waals surface area contributed by atoms with Crippen LogP contribution in [0.1, 0.15) is 6.92 Å². The number of phosphoric acid groups is 1. The van der Waals surface area contributed by atoms with E-state index < -0.39 is 13.9 Å². The summed E-state index contributed by atoms with van der Waals surface area (Å²) in [6, 6.07) is 8.31. The Balaban J connectivity index is 2.61. The first-order valence-electron chi connectivity index (χ1n) is 4.49. The fraction of sp³-hybridized carbons (Fsp3) is 0.333. The van der Waals surface area contributed by atoms with Crippen molar-refractivity contribution >= 4 is 7.82 Å². The molecule has 0 aliphatic carbocycles. The van der Waals surface area contributed by atoms with Crippen LogP contribution in [0.2, 0.25) is 0 Å². The number of rotatable bonds is 5. The summed E-state index contributed by atoms with van der Waals surface area (Å²) in [5, 5.41) is 0. The van der Waals surface area contributed by atoms with Crippen LogP contribution in [-0.2, 0) is 9.09 Å². The average molecular weight is 231 g/mol. The molecular weight excluding hydrogens is 217 g/mol. The highest BCUT2D eigenvalue weighted by Crippen LogP contribution is 2.44. The van der Waals surface area contributed by atoms with Crippen molar-refractivity contribution in [2.24, 2.45) is 5.73 Å². The molecule has 0 aromatic heterocycles. The van der Waals surface area contributed by atoms with Crippen LogP contribution in [0.5, 0.6) is 5.75 Å². The molecule has 6 heteroatoms. The Bertz CT molecular complexity index is 343. The summed E-state index contributed by atoms with van der Waals surface area (Å²) in [6.45, 7) is 1.75. The minimum absolute atomic E-state index is 0.155. The van der Waals surface area contributed by atoms with Crippen LogP contribution in [0.15, 0.2) is 30.3 Å². The molecule has 0 aliphatic heterocycles. The standard InChI is InChI=1S/C9H14NO4P/c1-8(7-10)13-15(11,12)14-9-5-3-2-4-6-9/h2-6,8H,7,10H2,1H3,(H,11,12). The third kappa shape index (κ3) is 4.44. The van der Waals surface area contributed by atoms with Crippen molar-refractivity contribution in [3.63, 3.8) is 0 Å². The summed E-state index contributed by atoms with van der Waals surface area (Å²) in [5.74, 6) is 0.285. The Hall–Kier alpha value is -0.870. The number of phosphoric ester groups is 1. The summed E-state index contributed by atoms with van der Waals surface area (Å²) in [4.78, 5) is 9.32. The van der Waals surface area contributed by atoms with E-state index in [1.54, 1.807) is 37.3 Å². The first kappa shape index (κ1) is 12.2. The number of nitrogens with two attached hydrogens (primary N) is 1. The second kappa shape index (κ2) is 5.28. The van der Waals surface area contributed by atoms with Crippen molar-refractivity contribution in [3.8, 4) is 5.75 Å². The zero-order chi connectivity index (χ0) is 11.3. The molecule has 2 atom stereocenters. The van der Waals surface area contributed by atoms with Gasteiger partial charge >= 0.3 is 7.82 Å². The Kier molecular flexibility index (Phi) is 4.29. The Morgan fingerprint density at radius 3 is 2.60 bits per heavy atom. The van der Waals surface area contributed by atoms with Gasteiger partial charge in [-0.2, -0.15) is 0 Å². The second-order valence-electron chi connectivity index (χ2n) is 3.02.